The molecule has 1 saturated carbocycles. The van der Waals surface area contributed by atoms with Crippen molar-refractivity contribution in [2.24, 2.45) is 11.8 Å². The lowest BCUT2D eigenvalue weighted by Gasteiger charge is -2.32. The van der Waals surface area contributed by atoms with Crippen LogP contribution in [-0.4, -0.2) is 46.1 Å². The molecule has 0 spiro atoms. The van der Waals surface area contributed by atoms with Crippen molar-refractivity contribution in [3.63, 3.8) is 0 Å². The summed E-state index contributed by atoms with van der Waals surface area (Å²) >= 11 is 3.41. The molecule has 1 saturated heterocycles. The number of methoxy groups -OCH3 is 1. The number of nitrogens with zero attached hydrogens (tertiary/aromatic N) is 2. The highest BCUT2D eigenvalue weighted by Crippen LogP contribution is 2.53. The van der Waals surface area contributed by atoms with Crippen LogP contribution in [-0.2, 0) is 9.53 Å². The number of fused-ring (bicyclic) bond motifs is 2. The largest absolute Gasteiger partial charge is 0.453 e. The number of H-pyrrole nitrogens is 1. The van der Waals surface area contributed by atoms with Crippen LogP contribution in [0.3, 0.4) is 0 Å². The molecule has 2 aromatic rings. The Labute approximate surface area is 176 Å². The SMILES string of the molecule is COC(=O)N[C@H](C(=O)N1[C@@H]2C[C@@H]2C[C@H]1c1nc2cc(Br)ccc2c(=O)[nH]1)C(C)C. The lowest BCUT2D eigenvalue weighted by Crippen LogP contribution is -2.52. The predicted octanol–water partition coefficient (Wildman–Crippen LogP) is 2.73. The Morgan fingerprint density at radius 3 is 2.79 bits per heavy atom. The van der Waals surface area contributed by atoms with E-state index in [9.17, 15) is 14.4 Å². The van der Waals surface area contributed by atoms with E-state index in [2.05, 4.69) is 36.0 Å². The number of nitrogens with one attached hydrogen (secondary N) is 2. The summed E-state index contributed by atoms with van der Waals surface area (Å²) in [6, 6.07) is 4.42. The minimum absolute atomic E-state index is 0.111. The van der Waals surface area contributed by atoms with Gasteiger partial charge in [0.25, 0.3) is 5.56 Å². The van der Waals surface area contributed by atoms with Gasteiger partial charge in [-0.3, -0.25) is 9.59 Å². The highest BCUT2D eigenvalue weighted by molar-refractivity contribution is 9.10. The number of alkyl carbamates (subject to hydrolysis) is 1. The molecular formula is C20H23BrN4O4. The first kappa shape index (κ1) is 19.9. The maximum absolute atomic E-state index is 13.4. The predicted molar refractivity (Wildman–Crippen MR) is 110 cm³/mol. The van der Waals surface area contributed by atoms with Gasteiger partial charge in [-0.2, -0.15) is 0 Å². The number of carbonyl (C=O) groups is 2. The Morgan fingerprint density at radius 1 is 1.34 bits per heavy atom. The third-order valence-electron chi connectivity index (χ3n) is 5.75. The summed E-state index contributed by atoms with van der Waals surface area (Å²) < 4.78 is 5.51. The van der Waals surface area contributed by atoms with Crippen LogP contribution in [0.25, 0.3) is 10.9 Å². The molecule has 9 heteroatoms. The summed E-state index contributed by atoms with van der Waals surface area (Å²) in [5.41, 5.74) is 0.359. The van der Waals surface area contributed by atoms with Crippen LogP contribution >= 0.6 is 15.9 Å². The van der Waals surface area contributed by atoms with E-state index >= 15 is 0 Å². The van der Waals surface area contributed by atoms with Crippen molar-refractivity contribution in [3.8, 4) is 0 Å². The van der Waals surface area contributed by atoms with Crippen molar-refractivity contribution in [3.05, 3.63) is 38.9 Å². The van der Waals surface area contributed by atoms with Crippen LogP contribution in [0.4, 0.5) is 4.79 Å². The van der Waals surface area contributed by atoms with Gasteiger partial charge >= 0.3 is 6.09 Å². The van der Waals surface area contributed by atoms with Crippen LogP contribution in [0.15, 0.2) is 27.5 Å². The van der Waals surface area contributed by atoms with Gasteiger partial charge in [0.1, 0.15) is 11.9 Å². The van der Waals surface area contributed by atoms with Gasteiger partial charge in [0.15, 0.2) is 0 Å². The van der Waals surface area contributed by atoms with Crippen LogP contribution in [0.1, 0.15) is 38.6 Å². The smallest absolute Gasteiger partial charge is 0.407 e. The number of hydrogen-bond donors (Lipinski definition) is 2. The molecule has 1 aliphatic heterocycles. The first-order valence-electron chi connectivity index (χ1n) is 9.66. The van der Waals surface area contributed by atoms with E-state index in [1.165, 1.54) is 7.11 Å². The average Bonchev–Trinajstić information content (AvgIpc) is 3.34. The van der Waals surface area contributed by atoms with Crippen molar-refractivity contribution in [1.82, 2.24) is 20.2 Å². The zero-order chi connectivity index (χ0) is 20.9. The molecule has 1 aliphatic carbocycles. The van der Waals surface area contributed by atoms with Gasteiger partial charge in [0, 0.05) is 10.5 Å². The topological polar surface area (TPSA) is 104 Å². The molecule has 0 bridgehead atoms. The van der Waals surface area contributed by atoms with Crippen LogP contribution < -0.4 is 10.9 Å². The summed E-state index contributed by atoms with van der Waals surface area (Å²) in [5, 5.41) is 3.16. The number of halogens is 1. The molecule has 8 nitrogen and oxygen atoms in total. The number of aromatic amines is 1. The van der Waals surface area contributed by atoms with Crippen LogP contribution in [0, 0.1) is 11.8 Å². The second-order valence-electron chi connectivity index (χ2n) is 8.03. The summed E-state index contributed by atoms with van der Waals surface area (Å²) in [7, 11) is 1.27. The molecule has 2 aliphatic rings. The quantitative estimate of drug-likeness (QED) is 0.726. The van der Waals surface area contributed by atoms with Crippen molar-refractivity contribution in [2.75, 3.05) is 7.11 Å². The Balaban J connectivity index is 1.69. The fraction of sp³-hybridized carbons (Fsp3) is 0.500. The lowest BCUT2D eigenvalue weighted by atomic mass is 10.0. The standard InChI is InChI=1S/C20H23BrN4O4/c1-9(2)16(23-20(28)29-3)19(27)25-14-6-10(14)7-15(25)17-22-13-8-11(21)4-5-12(13)18(26)24-17/h4-5,8-10,14-16H,6-7H2,1-3H3,(H,23,28)(H,22,24,26)/t10-,14-,15+,16+/m1/s1. The van der Waals surface area contributed by atoms with E-state index < -0.39 is 12.1 Å². The minimum Gasteiger partial charge on any atom is -0.453 e. The number of ether oxygens (including phenoxy) is 1. The van der Waals surface area contributed by atoms with Gasteiger partial charge < -0.3 is 19.9 Å². The number of amides is 2. The fourth-order valence-electron chi connectivity index (χ4n) is 4.17. The van der Waals surface area contributed by atoms with Gasteiger partial charge in [-0.15, -0.1) is 0 Å². The third kappa shape index (κ3) is 3.63. The minimum atomic E-state index is -0.703. The number of benzene rings is 1. The van der Waals surface area contributed by atoms with Crippen molar-refractivity contribution in [1.29, 1.82) is 0 Å². The molecule has 29 heavy (non-hydrogen) atoms. The molecule has 2 N–H and O–H groups in total. The third-order valence-corrected chi connectivity index (χ3v) is 6.25. The molecule has 2 heterocycles. The van der Waals surface area contributed by atoms with Crippen molar-refractivity contribution < 1.29 is 14.3 Å². The highest BCUT2D eigenvalue weighted by atomic mass is 79.9. The number of piperidine rings is 1. The molecule has 4 atom stereocenters. The second kappa shape index (κ2) is 7.44. The second-order valence-corrected chi connectivity index (χ2v) is 8.95. The van der Waals surface area contributed by atoms with E-state index in [-0.39, 0.29) is 29.5 Å². The number of carbonyl (C=O) groups excluding carboxylic acids is 2. The first-order chi connectivity index (χ1) is 13.8. The number of rotatable bonds is 4. The Morgan fingerprint density at radius 2 is 2.10 bits per heavy atom. The zero-order valence-corrected chi connectivity index (χ0v) is 18.0. The van der Waals surface area contributed by atoms with Crippen LogP contribution in [0.2, 0.25) is 0 Å². The molecule has 1 aromatic heterocycles. The summed E-state index contributed by atoms with van der Waals surface area (Å²) in [4.78, 5) is 47.0. The number of hydrogen-bond acceptors (Lipinski definition) is 5. The molecule has 0 radical (unpaired) electrons. The molecule has 1 aromatic carbocycles. The van der Waals surface area contributed by atoms with E-state index in [1.54, 1.807) is 23.1 Å². The van der Waals surface area contributed by atoms with Crippen LogP contribution in [0.5, 0.6) is 0 Å². The van der Waals surface area contributed by atoms with Gasteiger partial charge in [0.05, 0.1) is 24.1 Å². The molecular weight excluding hydrogens is 440 g/mol. The molecule has 2 fully saturated rings. The molecule has 4 rings (SSSR count). The Hall–Kier alpha value is -2.42. The van der Waals surface area contributed by atoms with Gasteiger partial charge in [0.2, 0.25) is 5.91 Å². The maximum Gasteiger partial charge on any atom is 0.407 e. The summed E-state index contributed by atoms with van der Waals surface area (Å²) in [6.45, 7) is 3.75. The Kier molecular flexibility index (Phi) is 5.10. The summed E-state index contributed by atoms with van der Waals surface area (Å²) in [5.74, 6) is 0.608. The van der Waals surface area contributed by atoms with Crippen molar-refractivity contribution >= 4 is 38.8 Å². The van der Waals surface area contributed by atoms with E-state index in [1.807, 2.05) is 13.8 Å². The zero-order valence-electron chi connectivity index (χ0n) is 16.4. The normalized spacial score (nSPS) is 23.8. The molecule has 154 valence electrons. The van der Waals surface area contributed by atoms with E-state index in [4.69, 9.17) is 0 Å². The summed E-state index contributed by atoms with van der Waals surface area (Å²) in [6.07, 6.45) is 1.05. The average molecular weight is 463 g/mol. The fourth-order valence-corrected chi connectivity index (χ4v) is 4.52. The number of aromatic nitrogens is 2. The van der Waals surface area contributed by atoms with Gasteiger partial charge in [-0.05, 0) is 42.9 Å². The number of likely N-dealkylation sites (tertiary alicyclic amines) is 1. The van der Waals surface area contributed by atoms with Gasteiger partial charge in [-0.25, -0.2) is 9.78 Å². The highest BCUT2D eigenvalue weighted by Gasteiger charge is 2.56. The van der Waals surface area contributed by atoms with E-state index in [0.29, 0.717) is 22.6 Å². The van der Waals surface area contributed by atoms with Crippen molar-refractivity contribution in [2.45, 2.75) is 44.8 Å². The van der Waals surface area contributed by atoms with Gasteiger partial charge in [-0.1, -0.05) is 29.8 Å². The Bertz CT molecular complexity index is 1040. The monoisotopic (exact) mass is 462 g/mol. The first-order valence-corrected chi connectivity index (χ1v) is 10.5. The maximum atomic E-state index is 13.4. The lowest BCUT2D eigenvalue weighted by molar-refractivity contribution is -0.136. The molecule has 0 unspecified atom stereocenters. The molecule has 2 amide bonds. The van der Waals surface area contributed by atoms with E-state index in [0.717, 1.165) is 17.3 Å².